The molecule has 2 saturated heterocycles. The van der Waals surface area contributed by atoms with E-state index in [0.717, 1.165) is 0 Å². The summed E-state index contributed by atoms with van der Waals surface area (Å²) in [4.78, 5) is 15.6. The molecule has 2 fully saturated rings. The maximum Gasteiger partial charge on any atom is 0.227 e. The van der Waals surface area contributed by atoms with E-state index in [4.69, 9.17) is 10.5 Å². The first-order valence-corrected chi connectivity index (χ1v) is 7.31. The topological polar surface area (TPSA) is 58.8 Å². The highest BCUT2D eigenvalue weighted by Crippen LogP contribution is 2.29. The number of morpholine rings is 1. The maximum absolute atomic E-state index is 14.3. The third-order valence-electron chi connectivity index (χ3n) is 4.13. The Kier molecular flexibility index (Phi) is 4.07. The van der Waals surface area contributed by atoms with Crippen molar-refractivity contribution in [1.29, 1.82) is 0 Å². The summed E-state index contributed by atoms with van der Waals surface area (Å²) in [5, 5.41) is 0. The average molecular weight is 293 g/mol. The van der Waals surface area contributed by atoms with Gasteiger partial charge in [-0.25, -0.2) is 4.39 Å². The zero-order valence-electron chi connectivity index (χ0n) is 11.9. The molecule has 0 bridgehead atoms. The SMILES string of the molecule is NCC1CC(=O)N(c2ccc(N3CCOCC3)c(F)c2)C1. The Hall–Kier alpha value is -1.66. The molecule has 0 aliphatic carbocycles. The molecule has 1 unspecified atom stereocenters. The van der Waals surface area contributed by atoms with E-state index in [-0.39, 0.29) is 17.6 Å². The Labute approximate surface area is 123 Å². The van der Waals surface area contributed by atoms with E-state index in [0.29, 0.717) is 57.2 Å². The predicted octanol–water partition coefficient (Wildman–Crippen LogP) is 0.974. The zero-order valence-corrected chi connectivity index (χ0v) is 11.9. The van der Waals surface area contributed by atoms with Crippen molar-refractivity contribution >= 4 is 17.3 Å². The van der Waals surface area contributed by atoms with Crippen LogP contribution in [0.1, 0.15) is 6.42 Å². The van der Waals surface area contributed by atoms with Crippen LogP contribution in [-0.4, -0.2) is 45.3 Å². The summed E-state index contributed by atoms with van der Waals surface area (Å²) in [7, 11) is 0. The van der Waals surface area contributed by atoms with Crippen molar-refractivity contribution < 1.29 is 13.9 Å². The van der Waals surface area contributed by atoms with Crippen LogP contribution in [-0.2, 0) is 9.53 Å². The molecule has 0 aromatic heterocycles. The largest absolute Gasteiger partial charge is 0.378 e. The van der Waals surface area contributed by atoms with Crippen LogP contribution >= 0.6 is 0 Å². The Morgan fingerprint density at radius 1 is 1.33 bits per heavy atom. The molecule has 1 atom stereocenters. The van der Waals surface area contributed by atoms with Crippen LogP contribution in [0.25, 0.3) is 0 Å². The van der Waals surface area contributed by atoms with Crippen LogP contribution in [0.3, 0.4) is 0 Å². The van der Waals surface area contributed by atoms with Crippen molar-refractivity contribution in [2.45, 2.75) is 6.42 Å². The molecule has 0 spiro atoms. The standard InChI is InChI=1S/C15H20FN3O2/c16-13-8-12(19-10-11(9-17)7-15(19)20)1-2-14(13)18-3-5-21-6-4-18/h1-2,8,11H,3-7,9-10,17H2. The number of carbonyl (C=O) groups is 1. The molecule has 6 heteroatoms. The molecule has 21 heavy (non-hydrogen) atoms. The molecule has 5 nitrogen and oxygen atoms in total. The third-order valence-corrected chi connectivity index (χ3v) is 4.13. The molecule has 114 valence electrons. The molecule has 0 radical (unpaired) electrons. The lowest BCUT2D eigenvalue weighted by Crippen LogP contribution is -2.36. The second-order valence-corrected chi connectivity index (χ2v) is 5.55. The Morgan fingerprint density at radius 2 is 2.10 bits per heavy atom. The molecule has 2 heterocycles. The lowest BCUT2D eigenvalue weighted by atomic mass is 10.1. The van der Waals surface area contributed by atoms with Gasteiger partial charge in [0.15, 0.2) is 0 Å². The highest BCUT2D eigenvalue weighted by atomic mass is 19.1. The number of carbonyl (C=O) groups excluding carboxylic acids is 1. The number of rotatable bonds is 3. The first kappa shape index (κ1) is 14.3. The predicted molar refractivity (Wildman–Crippen MR) is 78.9 cm³/mol. The van der Waals surface area contributed by atoms with Gasteiger partial charge in [-0.2, -0.15) is 0 Å². The van der Waals surface area contributed by atoms with Crippen molar-refractivity contribution in [2.75, 3.05) is 49.2 Å². The summed E-state index contributed by atoms with van der Waals surface area (Å²) in [5.74, 6) is -0.109. The van der Waals surface area contributed by atoms with Gasteiger partial charge in [-0.05, 0) is 30.7 Å². The fourth-order valence-electron chi connectivity index (χ4n) is 2.91. The zero-order chi connectivity index (χ0) is 14.8. The van der Waals surface area contributed by atoms with Crippen LogP contribution in [0.5, 0.6) is 0 Å². The van der Waals surface area contributed by atoms with Gasteiger partial charge in [-0.3, -0.25) is 4.79 Å². The van der Waals surface area contributed by atoms with Gasteiger partial charge in [0.1, 0.15) is 5.82 Å². The van der Waals surface area contributed by atoms with Crippen molar-refractivity contribution in [3.63, 3.8) is 0 Å². The van der Waals surface area contributed by atoms with E-state index < -0.39 is 0 Å². The molecule has 2 aliphatic rings. The van der Waals surface area contributed by atoms with Gasteiger partial charge in [-0.1, -0.05) is 0 Å². The average Bonchev–Trinajstić information content (AvgIpc) is 2.89. The van der Waals surface area contributed by atoms with Gasteiger partial charge in [0.25, 0.3) is 0 Å². The molecule has 1 aromatic carbocycles. The maximum atomic E-state index is 14.3. The summed E-state index contributed by atoms with van der Waals surface area (Å²) in [6, 6.07) is 5.01. The molecule has 2 N–H and O–H groups in total. The Balaban J connectivity index is 1.79. The van der Waals surface area contributed by atoms with E-state index in [1.165, 1.54) is 6.07 Å². The number of hydrogen-bond acceptors (Lipinski definition) is 4. The summed E-state index contributed by atoms with van der Waals surface area (Å²) < 4.78 is 19.6. The quantitative estimate of drug-likeness (QED) is 0.902. The Bertz CT molecular complexity index is 532. The van der Waals surface area contributed by atoms with Gasteiger partial charge < -0.3 is 20.3 Å². The molecular formula is C15H20FN3O2. The normalized spacial score (nSPS) is 23.0. The number of nitrogens with zero attached hydrogens (tertiary/aromatic N) is 2. The van der Waals surface area contributed by atoms with Gasteiger partial charge in [0.05, 0.1) is 18.9 Å². The van der Waals surface area contributed by atoms with Gasteiger partial charge >= 0.3 is 0 Å². The minimum absolute atomic E-state index is 0.0176. The van der Waals surface area contributed by atoms with Crippen LogP contribution < -0.4 is 15.5 Å². The number of hydrogen-bond donors (Lipinski definition) is 1. The molecule has 3 rings (SSSR count). The second kappa shape index (κ2) is 5.99. The Morgan fingerprint density at radius 3 is 2.71 bits per heavy atom. The van der Waals surface area contributed by atoms with Crippen molar-refractivity contribution in [2.24, 2.45) is 11.7 Å². The van der Waals surface area contributed by atoms with Gasteiger partial charge in [-0.15, -0.1) is 0 Å². The summed E-state index contributed by atoms with van der Waals surface area (Å²) in [5.41, 5.74) is 6.81. The summed E-state index contributed by atoms with van der Waals surface area (Å²) in [6.07, 6.45) is 0.448. The molecule has 1 aromatic rings. The van der Waals surface area contributed by atoms with Crippen LogP contribution in [0.2, 0.25) is 0 Å². The van der Waals surface area contributed by atoms with E-state index in [1.807, 2.05) is 11.0 Å². The first-order chi connectivity index (χ1) is 10.2. The fraction of sp³-hybridized carbons (Fsp3) is 0.533. The van der Waals surface area contributed by atoms with Crippen LogP contribution in [0, 0.1) is 11.7 Å². The lowest BCUT2D eigenvalue weighted by molar-refractivity contribution is -0.117. The minimum atomic E-state index is -0.293. The number of benzene rings is 1. The summed E-state index contributed by atoms with van der Waals surface area (Å²) >= 11 is 0. The third kappa shape index (κ3) is 2.87. The molecular weight excluding hydrogens is 273 g/mol. The van der Waals surface area contributed by atoms with Crippen LogP contribution in [0.4, 0.5) is 15.8 Å². The first-order valence-electron chi connectivity index (χ1n) is 7.31. The van der Waals surface area contributed by atoms with E-state index in [9.17, 15) is 9.18 Å². The highest BCUT2D eigenvalue weighted by Gasteiger charge is 2.30. The summed E-state index contributed by atoms with van der Waals surface area (Å²) in [6.45, 7) is 3.67. The number of amides is 1. The van der Waals surface area contributed by atoms with E-state index in [2.05, 4.69) is 0 Å². The van der Waals surface area contributed by atoms with Crippen molar-refractivity contribution in [3.8, 4) is 0 Å². The van der Waals surface area contributed by atoms with E-state index in [1.54, 1.807) is 11.0 Å². The smallest absolute Gasteiger partial charge is 0.227 e. The number of ether oxygens (including phenoxy) is 1. The molecule has 0 saturated carbocycles. The molecule has 2 aliphatic heterocycles. The molecule has 1 amide bonds. The van der Waals surface area contributed by atoms with Crippen molar-refractivity contribution in [3.05, 3.63) is 24.0 Å². The minimum Gasteiger partial charge on any atom is -0.378 e. The number of anilines is 2. The van der Waals surface area contributed by atoms with E-state index >= 15 is 0 Å². The monoisotopic (exact) mass is 293 g/mol. The highest BCUT2D eigenvalue weighted by molar-refractivity contribution is 5.95. The van der Waals surface area contributed by atoms with Crippen LogP contribution in [0.15, 0.2) is 18.2 Å². The fourth-order valence-corrected chi connectivity index (χ4v) is 2.91. The lowest BCUT2D eigenvalue weighted by Gasteiger charge is -2.29. The second-order valence-electron chi connectivity index (χ2n) is 5.55. The van der Waals surface area contributed by atoms with Gasteiger partial charge in [0.2, 0.25) is 5.91 Å². The van der Waals surface area contributed by atoms with Gasteiger partial charge in [0, 0.05) is 31.7 Å². The number of halogens is 1. The van der Waals surface area contributed by atoms with Crippen molar-refractivity contribution in [1.82, 2.24) is 0 Å². The number of nitrogens with two attached hydrogens (primary N) is 1.